The smallest absolute Gasteiger partial charge is 0.134 e. The molecule has 25 heavy (non-hydrogen) atoms. The summed E-state index contributed by atoms with van der Waals surface area (Å²) in [4.78, 5) is 3.76. The zero-order valence-corrected chi connectivity index (χ0v) is 15.8. The lowest BCUT2D eigenvalue weighted by atomic mass is 10.1. The number of para-hydroxylation sites is 1. The van der Waals surface area contributed by atoms with Crippen LogP contribution in [-0.4, -0.2) is 51.3 Å². The van der Waals surface area contributed by atoms with Crippen molar-refractivity contribution in [1.82, 2.24) is 10.2 Å². The van der Waals surface area contributed by atoms with Gasteiger partial charge in [0.05, 0.1) is 13.2 Å². The van der Waals surface area contributed by atoms with Crippen molar-refractivity contribution in [3.63, 3.8) is 0 Å². The number of ether oxygens (including phenoxy) is 2. The number of thiophene rings is 1. The normalized spacial score (nSPS) is 16.7. The number of nitrogens with zero attached hydrogens (tertiary/aromatic N) is 1. The maximum Gasteiger partial charge on any atom is 0.134 e. The molecule has 1 atom stereocenters. The highest BCUT2D eigenvalue weighted by atomic mass is 32.1. The highest BCUT2D eigenvalue weighted by Crippen LogP contribution is 2.30. The first-order valence-corrected chi connectivity index (χ1v) is 9.97. The van der Waals surface area contributed by atoms with E-state index in [2.05, 4.69) is 52.0 Å². The summed E-state index contributed by atoms with van der Waals surface area (Å²) in [5.74, 6) is 1.02. The van der Waals surface area contributed by atoms with Crippen LogP contribution < -0.4 is 10.1 Å². The molecule has 2 heterocycles. The van der Waals surface area contributed by atoms with Crippen molar-refractivity contribution < 1.29 is 9.47 Å². The lowest BCUT2D eigenvalue weighted by molar-refractivity contribution is 0.0383. The predicted molar refractivity (Wildman–Crippen MR) is 104 cm³/mol. The summed E-state index contributed by atoms with van der Waals surface area (Å²) in [6.45, 7) is 5.76. The third-order valence-corrected chi connectivity index (χ3v) is 5.52. The van der Waals surface area contributed by atoms with E-state index in [1.807, 2.05) is 7.05 Å². The van der Waals surface area contributed by atoms with Crippen LogP contribution in [-0.2, 0) is 11.2 Å². The van der Waals surface area contributed by atoms with Crippen LogP contribution in [0.1, 0.15) is 23.0 Å². The first kappa shape index (κ1) is 18.4. The minimum Gasteiger partial charge on any atom is -0.485 e. The Balaban J connectivity index is 1.65. The van der Waals surface area contributed by atoms with Gasteiger partial charge in [0.1, 0.15) is 11.9 Å². The van der Waals surface area contributed by atoms with E-state index in [0.717, 1.165) is 58.0 Å². The summed E-state index contributed by atoms with van der Waals surface area (Å²) in [5, 5.41) is 5.36. The summed E-state index contributed by atoms with van der Waals surface area (Å²) in [5.41, 5.74) is 1.29. The Hall–Kier alpha value is -1.40. The predicted octanol–water partition coefficient (Wildman–Crippen LogP) is 3.35. The topological polar surface area (TPSA) is 33.7 Å². The highest BCUT2D eigenvalue weighted by molar-refractivity contribution is 7.10. The van der Waals surface area contributed by atoms with E-state index in [0.29, 0.717) is 0 Å². The van der Waals surface area contributed by atoms with Gasteiger partial charge in [-0.15, -0.1) is 11.3 Å². The average Bonchev–Trinajstić information content (AvgIpc) is 3.20. The van der Waals surface area contributed by atoms with Crippen LogP contribution in [0.2, 0.25) is 0 Å². The lowest BCUT2D eigenvalue weighted by Gasteiger charge is -2.27. The molecule has 0 aliphatic carbocycles. The molecule has 4 nitrogen and oxygen atoms in total. The van der Waals surface area contributed by atoms with Crippen LogP contribution in [0.3, 0.4) is 0 Å². The van der Waals surface area contributed by atoms with Gasteiger partial charge in [-0.25, -0.2) is 0 Å². The molecule has 1 N–H and O–H groups in total. The maximum atomic E-state index is 6.46. The van der Waals surface area contributed by atoms with Gasteiger partial charge in [0.25, 0.3) is 0 Å². The van der Waals surface area contributed by atoms with Crippen LogP contribution in [0.25, 0.3) is 0 Å². The molecule has 1 aromatic heterocycles. The second-order valence-corrected chi connectivity index (χ2v) is 7.31. The molecule has 1 saturated heterocycles. The van der Waals surface area contributed by atoms with Crippen molar-refractivity contribution in [3.8, 4) is 5.75 Å². The van der Waals surface area contributed by atoms with Gasteiger partial charge in [-0.05, 0) is 43.1 Å². The van der Waals surface area contributed by atoms with Crippen molar-refractivity contribution in [2.45, 2.75) is 18.9 Å². The second kappa shape index (κ2) is 9.92. The molecule has 0 spiro atoms. The van der Waals surface area contributed by atoms with Gasteiger partial charge >= 0.3 is 0 Å². The van der Waals surface area contributed by atoms with Crippen molar-refractivity contribution in [2.75, 3.05) is 46.4 Å². The standard InChI is InChI=1S/C20H28N2O2S/c1-21-10-8-19(20-7-4-16-25-20)24-18-6-3-2-5-17(18)9-11-22-12-14-23-15-13-22/h2-7,16,19,21H,8-15H2,1H3/t19-/m1/s1. The molecule has 5 heteroatoms. The zero-order valence-electron chi connectivity index (χ0n) is 14.9. The molecule has 0 saturated carbocycles. The largest absolute Gasteiger partial charge is 0.485 e. The fraction of sp³-hybridized carbons (Fsp3) is 0.500. The molecular weight excluding hydrogens is 332 g/mol. The third kappa shape index (κ3) is 5.54. The Bertz CT molecular complexity index is 612. The van der Waals surface area contributed by atoms with Crippen LogP contribution >= 0.6 is 11.3 Å². The van der Waals surface area contributed by atoms with Crippen LogP contribution in [0.5, 0.6) is 5.75 Å². The fourth-order valence-corrected chi connectivity index (χ4v) is 3.88. The lowest BCUT2D eigenvalue weighted by Crippen LogP contribution is -2.37. The van der Waals surface area contributed by atoms with Crippen molar-refractivity contribution in [2.24, 2.45) is 0 Å². The molecule has 0 radical (unpaired) electrons. The van der Waals surface area contributed by atoms with Crippen LogP contribution in [0, 0.1) is 0 Å². The summed E-state index contributed by atoms with van der Waals surface area (Å²) >= 11 is 1.77. The first-order valence-electron chi connectivity index (χ1n) is 9.09. The summed E-state index contributed by atoms with van der Waals surface area (Å²) in [6, 6.07) is 12.7. The van der Waals surface area contributed by atoms with E-state index < -0.39 is 0 Å². The molecule has 1 aliphatic heterocycles. The zero-order chi connectivity index (χ0) is 17.3. The number of hydrogen-bond acceptors (Lipinski definition) is 5. The van der Waals surface area contributed by atoms with Gasteiger partial charge in [0.15, 0.2) is 0 Å². The minimum atomic E-state index is 0.108. The molecule has 1 fully saturated rings. The minimum absolute atomic E-state index is 0.108. The molecule has 0 bridgehead atoms. The van der Waals surface area contributed by atoms with Gasteiger partial charge in [-0.2, -0.15) is 0 Å². The number of nitrogens with one attached hydrogen (secondary N) is 1. The molecule has 1 aromatic carbocycles. The SMILES string of the molecule is CNCC[C@@H](Oc1ccccc1CCN1CCOCC1)c1cccs1. The van der Waals surface area contributed by atoms with E-state index in [-0.39, 0.29) is 6.10 Å². The monoisotopic (exact) mass is 360 g/mol. The molecular formula is C20H28N2O2S. The second-order valence-electron chi connectivity index (χ2n) is 6.33. The van der Waals surface area contributed by atoms with Crippen molar-refractivity contribution in [1.29, 1.82) is 0 Å². The van der Waals surface area contributed by atoms with Gasteiger partial charge in [0.2, 0.25) is 0 Å². The Morgan fingerprint density at radius 1 is 1.20 bits per heavy atom. The molecule has 0 amide bonds. The molecule has 3 rings (SSSR count). The molecule has 136 valence electrons. The number of morpholine rings is 1. The van der Waals surface area contributed by atoms with Crippen molar-refractivity contribution >= 4 is 11.3 Å². The third-order valence-electron chi connectivity index (χ3n) is 4.56. The average molecular weight is 361 g/mol. The van der Waals surface area contributed by atoms with Gasteiger partial charge < -0.3 is 14.8 Å². The molecule has 0 unspecified atom stereocenters. The Morgan fingerprint density at radius 3 is 2.80 bits per heavy atom. The Morgan fingerprint density at radius 2 is 2.04 bits per heavy atom. The van der Waals surface area contributed by atoms with Crippen molar-refractivity contribution in [3.05, 3.63) is 52.2 Å². The highest BCUT2D eigenvalue weighted by Gasteiger charge is 2.17. The maximum absolute atomic E-state index is 6.46. The summed E-state index contributed by atoms with van der Waals surface area (Å²) < 4.78 is 11.9. The Labute approximate surface area is 154 Å². The summed E-state index contributed by atoms with van der Waals surface area (Å²) in [6.07, 6.45) is 2.09. The van der Waals surface area contributed by atoms with Gasteiger partial charge in [-0.1, -0.05) is 24.3 Å². The Kier molecular flexibility index (Phi) is 7.30. The van der Waals surface area contributed by atoms with Crippen LogP contribution in [0.4, 0.5) is 0 Å². The summed E-state index contributed by atoms with van der Waals surface area (Å²) in [7, 11) is 1.99. The quantitative estimate of drug-likeness (QED) is 0.744. The van der Waals surface area contributed by atoms with Gasteiger partial charge in [0, 0.05) is 30.9 Å². The van der Waals surface area contributed by atoms with E-state index in [1.165, 1.54) is 10.4 Å². The van der Waals surface area contributed by atoms with Crippen LogP contribution in [0.15, 0.2) is 41.8 Å². The van der Waals surface area contributed by atoms with Gasteiger partial charge in [-0.3, -0.25) is 4.90 Å². The molecule has 2 aromatic rings. The number of hydrogen-bond donors (Lipinski definition) is 1. The first-order chi connectivity index (χ1) is 12.4. The van der Waals surface area contributed by atoms with E-state index in [4.69, 9.17) is 9.47 Å². The fourth-order valence-electron chi connectivity index (χ4n) is 3.09. The number of rotatable bonds is 9. The molecule has 1 aliphatic rings. The van der Waals surface area contributed by atoms with E-state index in [9.17, 15) is 0 Å². The number of benzene rings is 1. The van der Waals surface area contributed by atoms with E-state index in [1.54, 1.807) is 11.3 Å². The van der Waals surface area contributed by atoms with E-state index >= 15 is 0 Å².